The van der Waals surface area contributed by atoms with E-state index in [1.54, 1.807) is 0 Å². The smallest absolute Gasteiger partial charge is 0.227 e. The minimum atomic E-state index is 0.0115. The lowest BCUT2D eigenvalue weighted by Gasteiger charge is -2.26. The van der Waals surface area contributed by atoms with E-state index in [-0.39, 0.29) is 11.8 Å². The number of benzene rings is 2. The second kappa shape index (κ2) is 9.90. The van der Waals surface area contributed by atoms with Crippen LogP contribution in [0.2, 0.25) is 0 Å². The van der Waals surface area contributed by atoms with E-state index < -0.39 is 0 Å². The number of nitrogens with one attached hydrogen (secondary N) is 1. The summed E-state index contributed by atoms with van der Waals surface area (Å²) in [6.07, 6.45) is 5.87. The van der Waals surface area contributed by atoms with Gasteiger partial charge in [0.25, 0.3) is 0 Å². The second-order valence-electron chi connectivity index (χ2n) is 8.42. The molecule has 2 aromatic carbocycles. The third kappa shape index (κ3) is 5.48. The number of anilines is 1. The first-order chi connectivity index (χ1) is 14.7. The Hall–Kier alpha value is -2.66. The van der Waals surface area contributed by atoms with Gasteiger partial charge in [-0.25, -0.2) is 0 Å². The molecule has 5 nitrogen and oxygen atoms in total. The van der Waals surface area contributed by atoms with Gasteiger partial charge in [-0.15, -0.1) is 0 Å². The summed E-state index contributed by atoms with van der Waals surface area (Å²) in [7, 11) is 0. The lowest BCUT2D eigenvalue weighted by Crippen LogP contribution is -2.29. The molecule has 2 heterocycles. The van der Waals surface area contributed by atoms with Gasteiger partial charge in [-0.3, -0.25) is 14.5 Å². The van der Waals surface area contributed by atoms with Crippen LogP contribution in [0.4, 0.5) is 5.69 Å². The molecule has 4 rings (SSSR count). The largest absolute Gasteiger partial charge is 0.352 e. The number of amides is 2. The highest BCUT2D eigenvalue weighted by molar-refractivity contribution is 5.95. The first-order valence-corrected chi connectivity index (χ1v) is 11.1. The molecule has 2 aliphatic rings. The van der Waals surface area contributed by atoms with E-state index in [1.165, 1.54) is 37.9 Å². The maximum Gasteiger partial charge on any atom is 0.227 e. The van der Waals surface area contributed by atoms with E-state index in [0.29, 0.717) is 19.4 Å². The van der Waals surface area contributed by atoms with Crippen molar-refractivity contribution < 1.29 is 9.59 Å². The molecule has 30 heavy (non-hydrogen) atoms. The number of hydrogen-bond donors (Lipinski definition) is 1. The number of carbonyl (C=O) groups excluding carboxylic acids is 2. The van der Waals surface area contributed by atoms with Gasteiger partial charge in [0.05, 0.1) is 6.42 Å². The van der Waals surface area contributed by atoms with Crippen molar-refractivity contribution >= 4 is 17.5 Å². The monoisotopic (exact) mass is 405 g/mol. The summed E-state index contributed by atoms with van der Waals surface area (Å²) in [6.45, 7) is 4.75. The Labute approximate surface area is 179 Å². The molecule has 2 fully saturated rings. The molecule has 0 radical (unpaired) electrons. The molecule has 0 unspecified atom stereocenters. The van der Waals surface area contributed by atoms with Crippen LogP contribution in [0, 0.1) is 0 Å². The van der Waals surface area contributed by atoms with Gasteiger partial charge >= 0.3 is 0 Å². The summed E-state index contributed by atoms with van der Waals surface area (Å²) < 4.78 is 0. The fraction of sp³-hybridized carbons (Fsp3) is 0.440. The fourth-order valence-corrected chi connectivity index (χ4v) is 4.30. The molecular formula is C25H31N3O2. The van der Waals surface area contributed by atoms with Crippen LogP contribution < -0.4 is 10.2 Å². The Morgan fingerprint density at radius 3 is 2.13 bits per heavy atom. The number of nitrogens with zero attached hydrogens (tertiary/aromatic N) is 2. The first kappa shape index (κ1) is 20.6. The Morgan fingerprint density at radius 1 is 0.800 bits per heavy atom. The van der Waals surface area contributed by atoms with Gasteiger partial charge in [-0.2, -0.15) is 0 Å². The average molecular weight is 406 g/mol. The van der Waals surface area contributed by atoms with E-state index >= 15 is 0 Å². The van der Waals surface area contributed by atoms with Gasteiger partial charge in [0.2, 0.25) is 11.8 Å². The van der Waals surface area contributed by atoms with E-state index in [1.807, 2.05) is 29.2 Å². The summed E-state index contributed by atoms with van der Waals surface area (Å²) in [4.78, 5) is 28.5. The zero-order valence-electron chi connectivity index (χ0n) is 17.6. The molecule has 2 aliphatic heterocycles. The number of piperidine rings is 1. The van der Waals surface area contributed by atoms with E-state index in [0.717, 1.165) is 36.3 Å². The van der Waals surface area contributed by atoms with Crippen molar-refractivity contribution in [3.8, 4) is 0 Å². The second-order valence-corrected chi connectivity index (χ2v) is 8.42. The lowest BCUT2D eigenvalue weighted by molar-refractivity contribution is -0.120. The standard InChI is InChI=1S/C25H31N3O2/c29-24(17-20-10-12-23(13-11-20)28-16-4-5-25(28)30)26-18-21-6-8-22(9-7-21)19-27-14-2-1-3-15-27/h6-13H,1-5,14-19H2,(H,26,29). The highest BCUT2D eigenvalue weighted by Gasteiger charge is 2.21. The van der Waals surface area contributed by atoms with Crippen LogP contribution in [-0.2, 0) is 29.1 Å². The zero-order chi connectivity index (χ0) is 20.8. The Kier molecular flexibility index (Phi) is 6.80. The summed E-state index contributed by atoms with van der Waals surface area (Å²) in [5.74, 6) is 0.194. The van der Waals surface area contributed by atoms with Gasteiger partial charge in [0.1, 0.15) is 0 Å². The maximum absolute atomic E-state index is 12.3. The van der Waals surface area contributed by atoms with E-state index in [9.17, 15) is 9.59 Å². The molecule has 0 saturated carbocycles. The van der Waals surface area contributed by atoms with Crippen LogP contribution in [0.3, 0.4) is 0 Å². The van der Waals surface area contributed by atoms with Crippen LogP contribution in [0.1, 0.15) is 48.8 Å². The van der Waals surface area contributed by atoms with Gasteiger partial charge in [-0.1, -0.05) is 42.8 Å². The topological polar surface area (TPSA) is 52.7 Å². The van der Waals surface area contributed by atoms with Crippen molar-refractivity contribution in [3.63, 3.8) is 0 Å². The first-order valence-electron chi connectivity index (χ1n) is 11.1. The van der Waals surface area contributed by atoms with E-state index in [4.69, 9.17) is 0 Å². The van der Waals surface area contributed by atoms with Crippen molar-refractivity contribution in [2.24, 2.45) is 0 Å². The molecule has 5 heteroatoms. The minimum Gasteiger partial charge on any atom is -0.352 e. The van der Waals surface area contributed by atoms with Crippen molar-refractivity contribution in [1.82, 2.24) is 10.2 Å². The predicted octanol–water partition coefficient (Wildman–Crippen LogP) is 3.66. The normalized spacial score (nSPS) is 17.3. The van der Waals surface area contributed by atoms with Crippen LogP contribution in [-0.4, -0.2) is 36.3 Å². The highest BCUT2D eigenvalue weighted by atomic mass is 16.2. The SMILES string of the molecule is O=C(Cc1ccc(N2CCCC2=O)cc1)NCc1ccc(CN2CCCCC2)cc1. The molecule has 0 bridgehead atoms. The zero-order valence-corrected chi connectivity index (χ0v) is 17.6. The summed E-state index contributed by atoms with van der Waals surface area (Å²) in [5.41, 5.74) is 4.34. The molecule has 0 aliphatic carbocycles. The molecule has 2 amide bonds. The van der Waals surface area contributed by atoms with Gasteiger partial charge in [-0.05, 0) is 61.2 Å². The highest BCUT2D eigenvalue weighted by Crippen LogP contribution is 2.21. The van der Waals surface area contributed by atoms with Crippen molar-refractivity contribution in [3.05, 3.63) is 65.2 Å². The third-order valence-corrected chi connectivity index (χ3v) is 6.05. The fourth-order valence-electron chi connectivity index (χ4n) is 4.30. The molecule has 0 aromatic heterocycles. The summed E-state index contributed by atoms with van der Waals surface area (Å²) in [5, 5.41) is 3.01. The van der Waals surface area contributed by atoms with Gasteiger partial charge < -0.3 is 10.2 Å². The van der Waals surface area contributed by atoms with Crippen LogP contribution >= 0.6 is 0 Å². The van der Waals surface area contributed by atoms with Crippen LogP contribution in [0.15, 0.2) is 48.5 Å². The molecule has 2 saturated heterocycles. The Bertz CT molecular complexity index is 855. The average Bonchev–Trinajstić information content (AvgIpc) is 3.20. The minimum absolute atomic E-state index is 0.0115. The summed E-state index contributed by atoms with van der Waals surface area (Å²) >= 11 is 0. The van der Waals surface area contributed by atoms with Crippen LogP contribution in [0.5, 0.6) is 0 Å². The molecule has 0 atom stereocenters. The molecular weight excluding hydrogens is 374 g/mol. The maximum atomic E-state index is 12.3. The number of likely N-dealkylation sites (tertiary alicyclic amines) is 1. The van der Waals surface area contributed by atoms with E-state index in [2.05, 4.69) is 34.5 Å². The molecule has 1 N–H and O–H groups in total. The van der Waals surface area contributed by atoms with Crippen LogP contribution in [0.25, 0.3) is 0 Å². The summed E-state index contributed by atoms with van der Waals surface area (Å²) in [6, 6.07) is 16.3. The Morgan fingerprint density at radius 2 is 1.47 bits per heavy atom. The van der Waals surface area contributed by atoms with Crippen molar-refractivity contribution in [2.75, 3.05) is 24.5 Å². The number of carbonyl (C=O) groups is 2. The lowest BCUT2D eigenvalue weighted by atomic mass is 10.1. The Balaban J connectivity index is 1.23. The number of hydrogen-bond acceptors (Lipinski definition) is 3. The molecule has 158 valence electrons. The molecule has 2 aromatic rings. The number of rotatable bonds is 7. The molecule has 0 spiro atoms. The quantitative estimate of drug-likeness (QED) is 0.765. The van der Waals surface area contributed by atoms with Gasteiger partial charge in [0, 0.05) is 31.7 Å². The van der Waals surface area contributed by atoms with Crippen molar-refractivity contribution in [2.45, 2.75) is 51.6 Å². The predicted molar refractivity (Wildman–Crippen MR) is 119 cm³/mol. The van der Waals surface area contributed by atoms with Gasteiger partial charge in [0.15, 0.2) is 0 Å². The third-order valence-electron chi connectivity index (χ3n) is 6.05. The van der Waals surface area contributed by atoms with Crippen molar-refractivity contribution in [1.29, 1.82) is 0 Å².